The molecule has 1 N–H and O–H groups in total. The Labute approximate surface area is 91.5 Å². The fourth-order valence-electron chi connectivity index (χ4n) is 1.27. The van der Waals surface area contributed by atoms with Crippen LogP contribution in [0.3, 0.4) is 0 Å². The summed E-state index contributed by atoms with van der Waals surface area (Å²) in [4.78, 5) is 11.3. The second-order valence-electron chi connectivity index (χ2n) is 3.75. The number of carbonyl (C=O) groups is 1. The molecule has 0 heterocycles. The van der Waals surface area contributed by atoms with Gasteiger partial charge in [0.1, 0.15) is 17.5 Å². The van der Waals surface area contributed by atoms with Gasteiger partial charge in [0.2, 0.25) is 5.91 Å². The molecule has 0 atom stereocenters. The predicted molar refractivity (Wildman–Crippen MR) is 53.3 cm³/mol. The van der Waals surface area contributed by atoms with E-state index in [0.717, 1.165) is 0 Å². The van der Waals surface area contributed by atoms with E-state index in [9.17, 15) is 18.0 Å². The van der Waals surface area contributed by atoms with E-state index in [1.807, 2.05) is 0 Å². The SMILES string of the molecule is CC(C)NC(=O)Cc1c(F)cc(F)cc1F. The van der Waals surface area contributed by atoms with E-state index >= 15 is 0 Å². The third-order valence-electron chi connectivity index (χ3n) is 1.89. The summed E-state index contributed by atoms with van der Waals surface area (Å²) in [6.45, 7) is 3.46. The summed E-state index contributed by atoms with van der Waals surface area (Å²) in [6, 6.07) is 1.00. The first-order valence-electron chi connectivity index (χ1n) is 4.83. The fraction of sp³-hybridized carbons (Fsp3) is 0.364. The molecule has 2 nitrogen and oxygen atoms in total. The summed E-state index contributed by atoms with van der Waals surface area (Å²) in [7, 11) is 0. The summed E-state index contributed by atoms with van der Waals surface area (Å²) in [5.41, 5.74) is -0.417. The highest BCUT2D eigenvalue weighted by Crippen LogP contribution is 2.15. The van der Waals surface area contributed by atoms with Crippen LogP contribution in [0, 0.1) is 17.5 Å². The van der Waals surface area contributed by atoms with Gasteiger partial charge in [-0.2, -0.15) is 0 Å². The maximum Gasteiger partial charge on any atom is 0.224 e. The number of benzene rings is 1. The molecule has 16 heavy (non-hydrogen) atoms. The zero-order valence-electron chi connectivity index (χ0n) is 8.98. The largest absolute Gasteiger partial charge is 0.354 e. The Bertz CT molecular complexity index is 381. The van der Waals surface area contributed by atoms with E-state index in [1.165, 1.54) is 0 Å². The van der Waals surface area contributed by atoms with Gasteiger partial charge in [0.25, 0.3) is 0 Å². The normalized spacial score (nSPS) is 10.6. The fourth-order valence-corrected chi connectivity index (χ4v) is 1.27. The van der Waals surface area contributed by atoms with Crippen LogP contribution in [0.2, 0.25) is 0 Å². The van der Waals surface area contributed by atoms with Gasteiger partial charge in [-0.25, -0.2) is 13.2 Å². The summed E-state index contributed by atoms with van der Waals surface area (Å²) in [5.74, 6) is -3.59. The van der Waals surface area contributed by atoms with Crippen molar-refractivity contribution in [1.82, 2.24) is 5.32 Å². The number of hydrogen-bond donors (Lipinski definition) is 1. The van der Waals surface area contributed by atoms with E-state index in [0.29, 0.717) is 12.1 Å². The van der Waals surface area contributed by atoms with Gasteiger partial charge < -0.3 is 5.32 Å². The van der Waals surface area contributed by atoms with E-state index < -0.39 is 35.3 Å². The van der Waals surface area contributed by atoms with E-state index in [4.69, 9.17) is 0 Å². The van der Waals surface area contributed by atoms with Crippen LogP contribution in [0.5, 0.6) is 0 Å². The molecular formula is C11H12F3NO. The van der Waals surface area contributed by atoms with Gasteiger partial charge in [-0.15, -0.1) is 0 Å². The summed E-state index contributed by atoms with van der Waals surface area (Å²) < 4.78 is 38.9. The van der Waals surface area contributed by atoms with Crippen molar-refractivity contribution in [3.05, 3.63) is 35.1 Å². The summed E-state index contributed by atoms with van der Waals surface area (Å²) in [6.07, 6.45) is -0.434. The van der Waals surface area contributed by atoms with Gasteiger partial charge in [0.05, 0.1) is 6.42 Å². The Morgan fingerprint density at radius 1 is 1.25 bits per heavy atom. The van der Waals surface area contributed by atoms with Crippen molar-refractivity contribution in [3.8, 4) is 0 Å². The maximum absolute atomic E-state index is 13.1. The molecule has 0 aliphatic rings. The average molecular weight is 231 g/mol. The molecular weight excluding hydrogens is 219 g/mol. The monoisotopic (exact) mass is 231 g/mol. The molecule has 0 bridgehead atoms. The lowest BCUT2D eigenvalue weighted by molar-refractivity contribution is -0.121. The van der Waals surface area contributed by atoms with Crippen LogP contribution in [0.25, 0.3) is 0 Å². The van der Waals surface area contributed by atoms with E-state index in [-0.39, 0.29) is 6.04 Å². The van der Waals surface area contributed by atoms with Crippen LogP contribution in [-0.4, -0.2) is 11.9 Å². The van der Waals surface area contributed by atoms with Gasteiger partial charge in [0.15, 0.2) is 0 Å². The van der Waals surface area contributed by atoms with Crippen LogP contribution in [0.4, 0.5) is 13.2 Å². The van der Waals surface area contributed by atoms with Gasteiger partial charge in [-0.05, 0) is 13.8 Å². The first-order valence-corrected chi connectivity index (χ1v) is 4.83. The van der Waals surface area contributed by atoms with Crippen molar-refractivity contribution in [2.75, 3.05) is 0 Å². The van der Waals surface area contributed by atoms with E-state index in [1.54, 1.807) is 13.8 Å². The van der Waals surface area contributed by atoms with Crippen molar-refractivity contribution in [3.63, 3.8) is 0 Å². The van der Waals surface area contributed by atoms with Crippen LogP contribution in [0.1, 0.15) is 19.4 Å². The Morgan fingerprint density at radius 3 is 2.19 bits per heavy atom. The summed E-state index contributed by atoms with van der Waals surface area (Å²) in [5, 5.41) is 2.49. The van der Waals surface area contributed by atoms with Crippen LogP contribution >= 0.6 is 0 Å². The molecule has 0 fully saturated rings. The highest BCUT2D eigenvalue weighted by atomic mass is 19.1. The second-order valence-corrected chi connectivity index (χ2v) is 3.75. The maximum atomic E-state index is 13.1. The third-order valence-corrected chi connectivity index (χ3v) is 1.89. The smallest absolute Gasteiger partial charge is 0.224 e. The Morgan fingerprint density at radius 2 is 1.75 bits per heavy atom. The highest BCUT2D eigenvalue weighted by Gasteiger charge is 2.15. The molecule has 0 aliphatic carbocycles. The van der Waals surface area contributed by atoms with Gasteiger partial charge >= 0.3 is 0 Å². The lowest BCUT2D eigenvalue weighted by atomic mass is 10.1. The molecule has 0 unspecified atom stereocenters. The number of rotatable bonds is 3. The number of amides is 1. The van der Waals surface area contributed by atoms with Crippen molar-refractivity contribution in [1.29, 1.82) is 0 Å². The lowest BCUT2D eigenvalue weighted by Crippen LogP contribution is -2.31. The Balaban J connectivity index is 2.85. The molecule has 0 aromatic heterocycles. The zero-order chi connectivity index (χ0) is 12.3. The number of halogens is 3. The molecule has 1 amide bonds. The molecule has 0 saturated carbocycles. The van der Waals surface area contributed by atoms with Gasteiger partial charge in [-0.1, -0.05) is 0 Å². The molecule has 0 saturated heterocycles. The van der Waals surface area contributed by atoms with Crippen LogP contribution in [-0.2, 0) is 11.2 Å². The van der Waals surface area contributed by atoms with Crippen LogP contribution in [0.15, 0.2) is 12.1 Å². The molecule has 1 aromatic carbocycles. The molecule has 5 heteroatoms. The third kappa shape index (κ3) is 3.25. The molecule has 1 aromatic rings. The Kier molecular flexibility index (Phi) is 3.93. The zero-order valence-corrected chi connectivity index (χ0v) is 8.98. The quantitative estimate of drug-likeness (QED) is 0.848. The van der Waals surface area contributed by atoms with Gasteiger partial charge in [0, 0.05) is 23.7 Å². The minimum absolute atomic E-state index is 0.112. The lowest BCUT2D eigenvalue weighted by Gasteiger charge is -2.09. The standard InChI is InChI=1S/C11H12F3NO/c1-6(2)15-11(16)5-8-9(13)3-7(12)4-10(8)14/h3-4,6H,5H2,1-2H3,(H,15,16). The molecule has 1 rings (SSSR count). The Hall–Kier alpha value is -1.52. The predicted octanol–water partition coefficient (Wildman–Crippen LogP) is 2.17. The first-order chi connectivity index (χ1) is 7.40. The molecule has 0 radical (unpaired) electrons. The molecule has 0 aliphatic heterocycles. The van der Waals surface area contributed by atoms with Crippen molar-refractivity contribution in [2.45, 2.75) is 26.3 Å². The summed E-state index contributed by atoms with van der Waals surface area (Å²) >= 11 is 0. The number of hydrogen-bond acceptors (Lipinski definition) is 1. The van der Waals surface area contributed by atoms with Gasteiger partial charge in [-0.3, -0.25) is 4.79 Å². The number of carbonyl (C=O) groups excluding carboxylic acids is 1. The van der Waals surface area contributed by atoms with Crippen molar-refractivity contribution >= 4 is 5.91 Å². The van der Waals surface area contributed by atoms with Crippen molar-refractivity contribution in [2.24, 2.45) is 0 Å². The van der Waals surface area contributed by atoms with Crippen LogP contribution < -0.4 is 5.32 Å². The molecule has 88 valence electrons. The minimum Gasteiger partial charge on any atom is -0.354 e. The molecule has 0 spiro atoms. The average Bonchev–Trinajstić information content (AvgIpc) is 2.09. The minimum atomic E-state index is -1.04. The first kappa shape index (κ1) is 12.5. The van der Waals surface area contributed by atoms with Crippen molar-refractivity contribution < 1.29 is 18.0 Å². The topological polar surface area (TPSA) is 29.1 Å². The number of nitrogens with one attached hydrogen (secondary N) is 1. The highest BCUT2D eigenvalue weighted by molar-refractivity contribution is 5.78. The second kappa shape index (κ2) is 5.01. The van der Waals surface area contributed by atoms with E-state index in [2.05, 4.69) is 5.32 Å².